The SMILES string of the molecule is C=C1C[C@@]23CC[C@@H]4[C@](C)(CO)CCC[C@@]4(C)[C@@H]2CC[C@]1(O)C3.C=C1C[C@@]23CC[C@@H]4[C@](C)(CO)CCC[C@@]4(C)[C@@H]2CC[C@]1(O)C3. The molecule has 0 aromatic carbocycles. The number of aliphatic hydroxyl groups is 4. The fourth-order valence-corrected chi connectivity index (χ4v) is 15.3. The van der Waals surface area contributed by atoms with Gasteiger partial charge in [-0.2, -0.15) is 0 Å². The molecule has 0 aromatic rings. The summed E-state index contributed by atoms with van der Waals surface area (Å²) < 4.78 is 0. The first-order valence-electron chi connectivity index (χ1n) is 18.6. The van der Waals surface area contributed by atoms with E-state index in [2.05, 4.69) is 40.9 Å². The Morgan fingerprint density at radius 3 is 1.27 bits per heavy atom. The lowest BCUT2D eigenvalue weighted by Crippen LogP contribution is -2.58. The Balaban J connectivity index is 0.000000142. The molecule has 0 amide bonds. The van der Waals surface area contributed by atoms with E-state index in [4.69, 9.17) is 0 Å². The zero-order valence-corrected chi connectivity index (χ0v) is 28.7. The smallest absolute Gasteiger partial charge is 0.0860 e. The Bertz CT molecular complexity index is 1120. The number of hydrogen-bond donors (Lipinski definition) is 4. The van der Waals surface area contributed by atoms with Gasteiger partial charge in [-0.05, 0) is 170 Å². The van der Waals surface area contributed by atoms with Crippen LogP contribution in [0.5, 0.6) is 0 Å². The summed E-state index contributed by atoms with van der Waals surface area (Å²) in [6.45, 7) is 18.8. The molecule has 2 spiro atoms. The predicted molar refractivity (Wildman–Crippen MR) is 177 cm³/mol. The molecule has 8 fully saturated rings. The average molecular weight is 609 g/mol. The van der Waals surface area contributed by atoms with Crippen molar-refractivity contribution >= 4 is 0 Å². The van der Waals surface area contributed by atoms with Crippen molar-refractivity contribution in [1.82, 2.24) is 0 Å². The highest BCUT2D eigenvalue weighted by Crippen LogP contribution is 2.74. The minimum atomic E-state index is -0.561. The molecular formula is C40H64O4. The molecule has 4 heteroatoms. The van der Waals surface area contributed by atoms with Crippen LogP contribution in [0.15, 0.2) is 24.3 Å². The van der Waals surface area contributed by atoms with Crippen LogP contribution in [0.2, 0.25) is 0 Å². The monoisotopic (exact) mass is 608 g/mol. The van der Waals surface area contributed by atoms with Crippen molar-refractivity contribution in [3.8, 4) is 0 Å². The van der Waals surface area contributed by atoms with E-state index in [1.165, 1.54) is 64.2 Å². The standard InChI is InChI=1S/2C20H32O2/c2*1-14-11-19-9-5-15-17(2,13-21)7-4-8-18(15,3)16(19)6-10-20(14,22)12-19/h2*15-16,21-22H,1,4-13H2,2-3H3/t2*15-,16+,17+,18-,19-,20+/m11/s1. The molecule has 8 aliphatic rings. The summed E-state index contributed by atoms with van der Waals surface area (Å²) in [5.74, 6) is 2.72. The van der Waals surface area contributed by atoms with E-state index in [9.17, 15) is 20.4 Å². The van der Waals surface area contributed by atoms with Crippen LogP contribution in [-0.4, -0.2) is 44.8 Å². The van der Waals surface area contributed by atoms with Crippen LogP contribution in [-0.2, 0) is 0 Å². The summed E-state index contributed by atoms with van der Waals surface area (Å²) in [5, 5.41) is 41.9. The molecule has 248 valence electrons. The third-order valence-corrected chi connectivity index (χ3v) is 17.3. The molecule has 4 bridgehead atoms. The molecular weight excluding hydrogens is 544 g/mol. The Hall–Kier alpha value is -0.680. The topological polar surface area (TPSA) is 80.9 Å². The van der Waals surface area contributed by atoms with E-state index in [1.54, 1.807) is 0 Å². The number of hydrogen-bond acceptors (Lipinski definition) is 4. The maximum Gasteiger partial charge on any atom is 0.0860 e. The van der Waals surface area contributed by atoms with Gasteiger partial charge in [0.15, 0.2) is 0 Å². The zero-order valence-electron chi connectivity index (χ0n) is 28.7. The molecule has 8 saturated carbocycles. The maximum absolute atomic E-state index is 10.9. The number of aliphatic hydroxyl groups excluding tert-OH is 2. The van der Waals surface area contributed by atoms with Crippen molar-refractivity contribution in [2.24, 2.45) is 56.2 Å². The largest absolute Gasteiger partial charge is 0.396 e. The minimum Gasteiger partial charge on any atom is -0.396 e. The molecule has 8 rings (SSSR count). The average Bonchev–Trinajstić information content (AvgIpc) is 3.26. The second-order valence-electron chi connectivity index (χ2n) is 19.4. The first-order chi connectivity index (χ1) is 20.6. The van der Waals surface area contributed by atoms with Gasteiger partial charge in [0, 0.05) is 13.2 Å². The van der Waals surface area contributed by atoms with Crippen LogP contribution in [0.4, 0.5) is 0 Å². The van der Waals surface area contributed by atoms with E-state index in [-0.39, 0.29) is 10.8 Å². The third-order valence-electron chi connectivity index (χ3n) is 17.3. The fourth-order valence-electron chi connectivity index (χ4n) is 15.3. The molecule has 0 heterocycles. The molecule has 12 atom stereocenters. The molecule has 4 N–H and O–H groups in total. The first-order valence-corrected chi connectivity index (χ1v) is 18.6. The highest BCUT2D eigenvalue weighted by Gasteiger charge is 2.68. The first kappa shape index (κ1) is 31.9. The summed E-state index contributed by atoms with van der Waals surface area (Å²) in [5.41, 5.74) is 2.63. The van der Waals surface area contributed by atoms with E-state index in [1.807, 2.05) is 0 Å². The molecule has 0 saturated heterocycles. The number of rotatable bonds is 2. The summed E-state index contributed by atoms with van der Waals surface area (Å²) in [4.78, 5) is 0. The lowest BCUT2D eigenvalue weighted by Gasteiger charge is -2.64. The van der Waals surface area contributed by atoms with Crippen molar-refractivity contribution in [3.63, 3.8) is 0 Å². The van der Waals surface area contributed by atoms with Crippen LogP contribution in [0, 0.1) is 56.2 Å². The van der Waals surface area contributed by atoms with Crippen LogP contribution < -0.4 is 0 Å². The lowest BCUT2D eigenvalue weighted by molar-refractivity contribution is -0.171. The van der Waals surface area contributed by atoms with Crippen molar-refractivity contribution < 1.29 is 20.4 Å². The van der Waals surface area contributed by atoms with E-state index in [0.29, 0.717) is 58.5 Å². The van der Waals surface area contributed by atoms with Crippen molar-refractivity contribution in [1.29, 1.82) is 0 Å². The second-order valence-corrected chi connectivity index (χ2v) is 19.4. The summed E-state index contributed by atoms with van der Waals surface area (Å²) in [7, 11) is 0. The normalized spacial score (nSPS) is 57.4. The molecule has 8 aliphatic carbocycles. The number of fused-ring (bicyclic) bond motifs is 6. The zero-order chi connectivity index (χ0) is 31.6. The van der Waals surface area contributed by atoms with Crippen molar-refractivity contribution in [2.75, 3.05) is 13.2 Å². The summed E-state index contributed by atoms with van der Waals surface area (Å²) >= 11 is 0. The van der Waals surface area contributed by atoms with Crippen LogP contribution in [0.3, 0.4) is 0 Å². The minimum absolute atomic E-state index is 0.109. The van der Waals surface area contributed by atoms with Gasteiger partial charge in [-0.1, -0.05) is 53.7 Å². The van der Waals surface area contributed by atoms with Crippen LogP contribution >= 0.6 is 0 Å². The maximum atomic E-state index is 10.9. The molecule has 4 nitrogen and oxygen atoms in total. The lowest BCUT2D eigenvalue weighted by atomic mass is 9.41. The highest BCUT2D eigenvalue weighted by molar-refractivity contribution is 5.30. The van der Waals surface area contributed by atoms with Gasteiger partial charge in [0.05, 0.1) is 11.2 Å². The van der Waals surface area contributed by atoms with Gasteiger partial charge >= 0.3 is 0 Å². The van der Waals surface area contributed by atoms with E-state index in [0.717, 1.165) is 62.5 Å². The highest BCUT2D eigenvalue weighted by atomic mass is 16.3. The third kappa shape index (κ3) is 4.14. The van der Waals surface area contributed by atoms with E-state index >= 15 is 0 Å². The molecule has 0 aromatic heterocycles. The molecule has 44 heavy (non-hydrogen) atoms. The van der Waals surface area contributed by atoms with Crippen molar-refractivity contribution in [3.05, 3.63) is 24.3 Å². The Labute approximate surface area is 268 Å². The second kappa shape index (κ2) is 9.93. The molecule has 0 aliphatic heterocycles. The van der Waals surface area contributed by atoms with Gasteiger partial charge in [-0.25, -0.2) is 0 Å². The fraction of sp³-hybridized carbons (Fsp3) is 0.900. The van der Waals surface area contributed by atoms with Gasteiger partial charge in [0.1, 0.15) is 0 Å². The van der Waals surface area contributed by atoms with Gasteiger partial charge < -0.3 is 20.4 Å². The molecule has 0 unspecified atom stereocenters. The Kier molecular flexibility index (Phi) is 7.20. The van der Waals surface area contributed by atoms with Gasteiger partial charge in [0.25, 0.3) is 0 Å². The van der Waals surface area contributed by atoms with Crippen LogP contribution in [0.25, 0.3) is 0 Å². The Morgan fingerprint density at radius 1 is 0.545 bits per heavy atom. The summed E-state index contributed by atoms with van der Waals surface area (Å²) in [6.07, 6.45) is 20.6. The van der Waals surface area contributed by atoms with Crippen molar-refractivity contribution in [2.45, 2.75) is 154 Å². The quantitative estimate of drug-likeness (QED) is 0.239. The van der Waals surface area contributed by atoms with Gasteiger partial charge in [-0.3, -0.25) is 0 Å². The molecule has 0 radical (unpaired) electrons. The van der Waals surface area contributed by atoms with Crippen LogP contribution in [0.1, 0.15) is 143 Å². The van der Waals surface area contributed by atoms with E-state index < -0.39 is 11.2 Å². The Morgan fingerprint density at radius 2 is 0.909 bits per heavy atom. The van der Waals surface area contributed by atoms with Gasteiger partial charge in [-0.15, -0.1) is 0 Å². The summed E-state index contributed by atoms with van der Waals surface area (Å²) in [6, 6.07) is 0. The van der Waals surface area contributed by atoms with Gasteiger partial charge in [0.2, 0.25) is 0 Å². The predicted octanol–water partition coefficient (Wildman–Crippen LogP) is 8.13.